The highest BCUT2D eigenvalue weighted by atomic mass is 16.2. The number of benzene rings is 1. The van der Waals surface area contributed by atoms with Gasteiger partial charge in [-0.2, -0.15) is 0 Å². The first-order valence-electron chi connectivity index (χ1n) is 9.90. The van der Waals surface area contributed by atoms with Crippen LogP contribution in [0.25, 0.3) is 0 Å². The zero-order valence-electron chi connectivity index (χ0n) is 17.7. The lowest BCUT2D eigenvalue weighted by atomic mass is 9.79. The van der Waals surface area contributed by atoms with Crippen LogP contribution in [0.4, 0.5) is 0 Å². The Hall–Kier alpha value is -1.88. The number of likely N-dealkylation sites (tertiary alicyclic amines) is 1. The van der Waals surface area contributed by atoms with Crippen LogP contribution in [-0.4, -0.2) is 42.4 Å². The number of hydrogen-bond donors (Lipinski definition) is 2. The molecule has 1 aliphatic rings. The Labute approximate surface area is 163 Å². The molecule has 1 aliphatic heterocycles. The number of amides is 2. The van der Waals surface area contributed by atoms with E-state index in [2.05, 4.69) is 52.9 Å². The van der Waals surface area contributed by atoms with Gasteiger partial charge in [0.1, 0.15) is 6.04 Å². The Balaban J connectivity index is 2.38. The summed E-state index contributed by atoms with van der Waals surface area (Å²) in [6.07, 6.45) is 1.55. The van der Waals surface area contributed by atoms with Crippen LogP contribution in [0.5, 0.6) is 0 Å². The van der Waals surface area contributed by atoms with Crippen LogP contribution >= 0.6 is 0 Å². The lowest BCUT2D eigenvalue weighted by molar-refractivity contribution is -0.124. The maximum absolute atomic E-state index is 13.3. The summed E-state index contributed by atoms with van der Waals surface area (Å²) >= 11 is 0. The molecule has 0 aromatic heterocycles. The molecule has 1 heterocycles. The number of rotatable bonds is 4. The molecule has 2 amide bonds. The molecule has 150 valence electrons. The zero-order valence-corrected chi connectivity index (χ0v) is 17.7. The minimum atomic E-state index is -0.402. The Morgan fingerprint density at radius 1 is 1.07 bits per heavy atom. The third-order valence-corrected chi connectivity index (χ3v) is 5.17. The van der Waals surface area contributed by atoms with Gasteiger partial charge in [-0.05, 0) is 46.9 Å². The lowest BCUT2D eigenvalue weighted by Gasteiger charge is -2.28. The van der Waals surface area contributed by atoms with Crippen molar-refractivity contribution in [3.05, 3.63) is 34.9 Å². The highest BCUT2D eigenvalue weighted by Gasteiger charge is 2.35. The molecule has 0 bridgehead atoms. The third-order valence-electron chi connectivity index (χ3n) is 5.17. The summed E-state index contributed by atoms with van der Waals surface area (Å²) in [5, 5.41) is 2.82. The first kappa shape index (κ1) is 21.4. The lowest BCUT2D eigenvalue weighted by Crippen LogP contribution is -2.47. The van der Waals surface area contributed by atoms with E-state index < -0.39 is 6.04 Å². The minimum absolute atomic E-state index is 0.0563. The van der Waals surface area contributed by atoms with Crippen molar-refractivity contribution in [3.63, 3.8) is 0 Å². The predicted octanol–water partition coefficient (Wildman–Crippen LogP) is 2.96. The second kappa shape index (κ2) is 8.01. The second-order valence-electron chi connectivity index (χ2n) is 9.54. The number of nitrogens with two attached hydrogens (primary N) is 1. The predicted molar refractivity (Wildman–Crippen MR) is 110 cm³/mol. The molecule has 0 unspecified atom stereocenters. The maximum Gasteiger partial charge on any atom is 0.254 e. The van der Waals surface area contributed by atoms with Gasteiger partial charge in [0.05, 0.1) is 0 Å². The summed E-state index contributed by atoms with van der Waals surface area (Å²) in [4.78, 5) is 27.5. The Morgan fingerprint density at radius 2 is 1.63 bits per heavy atom. The monoisotopic (exact) mass is 373 g/mol. The normalized spacial score (nSPS) is 17.9. The van der Waals surface area contributed by atoms with Crippen molar-refractivity contribution in [2.45, 2.75) is 71.3 Å². The van der Waals surface area contributed by atoms with Crippen LogP contribution in [0.15, 0.2) is 18.2 Å². The van der Waals surface area contributed by atoms with E-state index >= 15 is 0 Å². The zero-order chi connectivity index (χ0) is 20.4. The van der Waals surface area contributed by atoms with Crippen LogP contribution in [-0.2, 0) is 15.6 Å². The number of carbonyl (C=O) groups excluding carboxylic acids is 2. The molecule has 27 heavy (non-hydrogen) atoms. The molecule has 1 fully saturated rings. The van der Waals surface area contributed by atoms with Crippen molar-refractivity contribution < 1.29 is 9.59 Å². The first-order valence-corrected chi connectivity index (χ1v) is 9.90. The quantitative estimate of drug-likeness (QED) is 0.852. The first-order chi connectivity index (χ1) is 12.4. The third kappa shape index (κ3) is 5.10. The van der Waals surface area contributed by atoms with Crippen molar-refractivity contribution >= 4 is 11.8 Å². The molecule has 0 aliphatic carbocycles. The molecular weight excluding hydrogens is 338 g/mol. The van der Waals surface area contributed by atoms with Gasteiger partial charge in [0.15, 0.2) is 0 Å². The highest BCUT2D eigenvalue weighted by Crippen LogP contribution is 2.31. The summed E-state index contributed by atoms with van der Waals surface area (Å²) in [6.45, 7) is 14.4. The van der Waals surface area contributed by atoms with Gasteiger partial charge in [-0.15, -0.1) is 0 Å². The van der Waals surface area contributed by atoms with E-state index in [1.54, 1.807) is 4.90 Å². The van der Waals surface area contributed by atoms with Gasteiger partial charge in [-0.1, -0.05) is 47.6 Å². The van der Waals surface area contributed by atoms with Crippen molar-refractivity contribution in [2.75, 3.05) is 19.6 Å². The topological polar surface area (TPSA) is 75.4 Å². The Morgan fingerprint density at radius 3 is 2.11 bits per heavy atom. The van der Waals surface area contributed by atoms with Gasteiger partial charge >= 0.3 is 0 Å². The summed E-state index contributed by atoms with van der Waals surface area (Å²) in [6, 6.07) is 5.78. The van der Waals surface area contributed by atoms with E-state index in [0.29, 0.717) is 31.6 Å². The van der Waals surface area contributed by atoms with Crippen molar-refractivity contribution in [3.8, 4) is 0 Å². The Kier molecular flexibility index (Phi) is 6.35. The van der Waals surface area contributed by atoms with Crippen molar-refractivity contribution in [1.29, 1.82) is 0 Å². The highest BCUT2D eigenvalue weighted by molar-refractivity contribution is 5.98. The summed E-state index contributed by atoms with van der Waals surface area (Å²) in [7, 11) is 0. The number of hydrogen-bond acceptors (Lipinski definition) is 3. The molecule has 1 aromatic carbocycles. The average molecular weight is 374 g/mol. The fourth-order valence-corrected chi connectivity index (χ4v) is 3.38. The number of nitrogens with zero attached hydrogens (tertiary/aromatic N) is 1. The molecule has 0 radical (unpaired) electrons. The van der Waals surface area contributed by atoms with Crippen LogP contribution < -0.4 is 11.1 Å². The van der Waals surface area contributed by atoms with E-state index in [1.165, 1.54) is 0 Å². The maximum atomic E-state index is 13.3. The number of carbonyl (C=O) groups is 2. The number of nitrogens with one attached hydrogen (secondary N) is 1. The molecule has 0 saturated carbocycles. The summed E-state index contributed by atoms with van der Waals surface area (Å²) < 4.78 is 0. The fraction of sp³-hybridized carbons (Fsp3) is 0.636. The Bertz CT molecular complexity index is 666. The summed E-state index contributed by atoms with van der Waals surface area (Å²) in [5.74, 6) is -0.161. The standard InChI is InChI=1S/C22H35N3O2/c1-21(2,3)16-12-15(13-17(14-16)22(4,5)6)20(27)25-11-7-8-18(25)19(26)24-10-9-23/h12-14,18H,7-11,23H2,1-6H3,(H,24,26)/t18-/m0/s1. The van der Waals surface area contributed by atoms with Gasteiger partial charge in [0.25, 0.3) is 5.91 Å². The van der Waals surface area contributed by atoms with E-state index in [9.17, 15) is 9.59 Å². The molecule has 5 nitrogen and oxygen atoms in total. The summed E-state index contributed by atoms with van der Waals surface area (Å²) in [5.41, 5.74) is 8.32. The fourth-order valence-electron chi connectivity index (χ4n) is 3.38. The smallest absolute Gasteiger partial charge is 0.254 e. The molecule has 1 atom stereocenters. The van der Waals surface area contributed by atoms with Gasteiger partial charge in [0.2, 0.25) is 5.91 Å². The molecular formula is C22H35N3O2. The van der Waals surface area contributed by atoms with Gasteiger partial charge < -0.3 is 16.0 Å². The van der Waals surface area contributed by atoms with Gasteiger partial charge in [0, 0.05) is 25.2 Å². The van der Waals surface area contributed by atoms with Crippen LogP contribution in [0.1, 0.15) is 75.9 Å². The molecule has 1 aromatic rings. The van der Waals surface area contributed by atoms with Gasteiger partial charge in [-0.3, -0.25) is 9.59 Å². The molecule has 5 heteroatoms. The SMILES string of the molecule is CC(C)(C)c1cc(C(=O)N2CCC[C@H]2C(=O)NCCN)cc(C(C)(C)C)c1. The van der Waals surface area contributed by atoms with Gasteiger partial charge in [-0.25, -0.2) is 0 Å². The largest absolute Gasteiger partial charge is 0.353 e. The van der Waals surface area contributed by atoms with E-state index in [1.807, 2.05) is 12.1 Å². The van der Waals surface area contributed by atoms with E-state index in [-0.39, 0.29) is 22.6 Å². The van der Waals surface area contributed by atoms with Crippen LogP contribution in [0.3, 0.4) is 0 Å². The minimum Gasteiger partial charge on any atom is -0.353 e. The van der Waals surface area contributed by atoms with Crippen molar-refractivity contribution in [2.24, 2.45) is 5.73 Å². The molecule has 2 rings (SSSR count). The molecule has 0 spiro atoms. The van der Waals surface area contributed by atoms with E-state index in [4.69, 9.17) is 5.73 Å². The molecule has 3 N–H and O–H groups in total. The second-order valence-corrected chi connectivity index (χ2v) is 9.54. The van der Waals surface area contributed by atoms with Crippen molar-refractivity contribution in [1.82, 2.24) is 10.2 Å². The average Bonchev–Trinajstić information content (AvgIpc) is 3.06. The van der Waals surface area contributed by atoms with Crippen LogP contribution in [0, 0.1) is 0 Å². The van der Waals surface area contributed by atoms with E-state index in [0.717, 1.165) is 17.5 Å². The van der Waals surface area contributed by atoms with Crippen LogP contribution in [0.2, 0.25) is 0 Å². The molecule has 1 saturated heterocycles.